The Morgan fingerprint density at radius 1 is 1.36 bits per heavy atom. The second kappa shape index (κ2) is 4.89. The molecule has 0 aliphatic rings. The van der Waals surface area contributed by atoms with Crippen LogP contribution in [-0.2, 0) is 4.74 Å². The molecular formula is C9H7Br2FO2. The largest absolute Gasteiger partial charge is 0.457 e. The topological polar surface area (TPSA) is 26.3 Å². The third-order valence-electron chi connectivity index (χ3n) is 1.38. The monoisotopic (exact) mass is 324 g/mol. The minimum Gasteiger partial charge on any atom is -0.457 e. The molecule has 0 radical (unpaired) electrons. The molecular weight excluding hydrogens is 319 g/mol. The fraction of sp³-hybridized carbons (Fsp3) is 0.222. The summed E-state index contributed by atoms with van der Waals surface area (Å²) in [4.78, 5) is 11.3. The lowest BCUT2D eigenvalue weighted by atomic mass is 10.2. The SMILES string of the molecule is O=C(OCC(F)(Br)Br)c1ccccc1. The second-order valence-electron chi connectivity index (χ2n) is 2.56. The normalized spacial score (nSPS) is 11.1. The van der Waals surface area contributed by atoms with Gasteiger partial charge in [-0.25, -0.2) is 9.18 Å². The van der Waals surface area contributed by atoms with Crippen LogP contribution in [0.2, 0.25) is 0 Å². The fourth-order valence-corrected chi connectivity index (χ4v) is 1.03. The average Bonchev–Trinajstić information content (AvgIpc) is 2.14. The third kappa shape index (κ3) is 4.19. The summed E-state index contributed by atoms with van der Waals surface area (Å²) < 4.78 is 15.6. The van der Waals surface area contributed by atoms with Crippen molar-refractivity contribution in [2.24, 2.45) is 0 Å². The van der Waals surface area contributed by atoms with E-state index in [0.29, 0.717) is 5.56 Å². The molecule has 0 saturated carbocycles. The number of ether oxygens (including phenoxy) is 1. The Labute approximate surface area is 97.7 Å². The van der Waals surface area contributed by atoms with Crippen LogP contribution in [0.1, 0.15) is 10.4 Å². The highest BCUT2D eigenvalue weighted by Crippen LogP contribution is 2.27. The Kier molecular flexibility index (Phi) is 4.07. The van der Waals surface area contributed by atoms with E-state index in [1.165, 1.54) is 0 Å². The van der Waals surface area contributed by atoms with Crippen LogP contribution in [0.5, 0.6) is 0 Å². The summed E-state index contributed by atoms with van der Waals surface area (Å²) in [5.74, 6) is -0.550. The molecule has 0 atom stereocenters. The standard InChI is InChI=1S/C9H7Br2FO2/c10-9(11,12)6-14-8(13)7-4-2-1-3-5-7/h1-5H,6H2. The third-order valence-corrected chi connectivity index (χ3v) is 1.83. The molecule has 0 bridgehead atoms. The molecule has 0 aliphatic heterocycles. The van der Waals surface area contributed by atoms with Crippen molar-refractivity contribution in [1.29, 1.82) is 0 Å². The van der Waals surface area contributed by atoms with Gasteiger partial charge in [0.05, 0.1) is 5.56 Å². The number of hydrogen-bond acceptors (Lipinski definition) is 2. The van der Waals surface area contributed by atoms with E-state index in [1.54, 1.807) is 30.3 Å². The summed E-state index contributed by atoms with van der Waals surface area (Å²) in [6.45, 7) is -0.388. The van der Waals surface area contributed by atoms with E-state index >= 15 is 0 Å². The van der Waals surface area contributed by atoms with Crippen molar-refractivity contribution in [3.63, 3.8) is 0 Å². The highest BCUT2D eigenvalue weighted by Gasteiger charge is 2.23. The maximum absolute atomic E-state index is 12.8. The van der Waals surface area contributed by atoms with E-state index in [0.717, 1.165) is 0 Å². The highest BCUT2D eigenvalue weighted by molar-refractivity contribution is 9.25. The molecule has 14 heavy (non-hydrogen) atoms. The smallest absolute Gasteiger partial charge is 0.338 e. The van der Waals surface area contributed by atoms with E-state index in [1.807, 2.05) is 0 Å². The van der Waals surface area contributed by atoms with Crippen LogP contribution >= 0.6 is 31.9 Å². The Morgan fingerprint density at radius 2 is 1.93 bits per heavy atom. The van der Waals surface area contributed by atoms with Gasteiger partial charge in [-0.15, -0.1) is 0 Å². The summed E-state index contributed by atoms with van der Waals surface area (Å²) >= 11 is 5.30. The van der Waals surface area contributed by atoms with Gasteiger partial charge in [-0.1, -0.05) is 18.2 Å². The fourth-order valence-electron chi connectivity index (χ4n) is 0.805. The summed E-state index contributed by atoms with van der Waals surface area (Å²) in [7, 11) is 0. The zero-order valence-electron chi connectivity index (χ0n) is 7.04. The molecule has 0 saturated heterocycles. The van der Waals surface area contributed by atoms with Crippen molar-refractivity contribution >= 4 is 37.8 Å². The maximum atomic E-state index is 12.8. The maximum Gasteiger partial charge on any atom is 0.338 e. The molecule has 2 nitrogen and oxygen atoms in total. The van der Waals surface area contributed by atoms with Gasteiger partial charge in [0, 0.05) is 0 Å². The quantitative estimate of drug-likeness (QED) is 0.630. The molecule has 1 aromatic rings. The van der Waals surface area contributed by atoms with Crippen LogP contribution in [0.25, 0.3) is 0 Å². The van der Waals surface area contributed by atoms with Crippen molar-refractivity contribution in [3.8, 4) is 0 Å². The molecule has 0 amide bonds. The number of hydrogen-bond donors (Lipinski definition) is 0. The van der Waals surface area contributed by atoms with E-state index in [-0.39, 0.29) is 6.61 Å². The average molecular weight is 326 g/mol. The zero-order chi connectivity index (χ0) is 10.6. The van der Waals surface area contributed by atoms with Gasteiger partial charge in [0.25, 0.3) is 3.49 Å². The Bertz CT molecular complexity index is 308. The second-order valence-corrected chi connectivity index (χ2v) is 6.14. The predicted octanol–water partition coefficient (Wildman–Crippen LogP) is 3.26. The number of halogens is 3. The predicted molar refractivity (Wildman–Crippen MR) is 58.4 cm³/mol. The molecule has 0 aliphatic carbocycles. The van der Waals surface area contributed by atoms with E-state index in [2.05, 4.69) is 36.6 Å². The van der Waals surface area contributed by atoms with Crippen molar-refractivity contribution in [1.82, 2.24) is 0 Å². The lowest BCUT2D eigenvalue weighted by molar-refractivity contribution is 0.0450. The zero-order valence-corrected chi connectivity index (χ0v) is 10.2. The minimum atomic E-state index is -1.86. The highest BCUT2D eigenvalue weighted by atomic mass is 79.9. The first-order chi connectivity index (χ1) is 6.49. The van der Waals surface area contributed by atoms with Crippen LogP contribution in [-0.4, -0.2) is 16.1 Å². The molecule has 0 N–H and O–H groups in total. The molecule has 0 heterocycles. The van der Waals surface area contributed by atoms with E-state index in [9.17, 15) is 9.18 Å². The van der Waals surface area contributed by atoms with Gasteiger partial charge in [0.15, 0.2) is 0 Å². The number of carbonyl (C=O) groups is 1. The van der Waals surface area contributed by atoms with Crippen molar-refractivity contribution in [2.45, 2.75) is 3.49 Å². The lowest BCUT2D eigenvalue weighted by Crippen LogP contribution is -2.17. The van der Waals surface area contributed by atoms with Crippen LogP contribution in [0.4, 0.5) is 4.39 Å². The Morgan fingerprint density at radius 3 is 2.43 bits per heavy atom. The molecule has 5 heteroatoms. The Hall–Kier alpha value is -0.420. The van der Waals surface area contributed by atoms with Crippen molar-refractivity contribution < 1.29 is 13.9 Å². The van der Waals surface area contributed by atoms with Gasteiger partial charge < -0.3 is 4.74 Å². The van der Waals surface area contributed by atoms with Gasteiger partial charge >= 0.3 is 5.97 Å². The first-order valence-electron chi connectivity index (χ1n) is 3.78. The molecule has 0 unspecified atom stereocenters. The first kappa shape index (κ1) is 11.7. The lowest BCUT2D eigenvalue weighted by Gasteiger charge is -2.10. The van der Waals surface area contributed by atoms with Crippen LogP contribution in [0.3, 0.4) is 0 Å². The van der Waals surface area contributed by atoms with Crippen molar-refractivity contribution in [2.75, 3.05) is 6.61 Å². The molecule has 1 rings (SSSR count). The molecule has 0 spiro atoms. The van der Waals surface area contributed by atoms with Gasteiger partial charge in [0.1, 0.15) is 6.61 Å². The van der Waals surface area contributed by atoms with Gasteiger partial charge in [-0.3, -0.25) is 0 Å². The minimum absolute atomic E-state index is 0.388. The van der Waals surface area contributed by atoms with Crippen LogP contribution in [0.15, 0.2) is 30.3 Å². The molecule has 1 aromatic carbocycles. The van der Waals surface area contributed by atoms with Crippen LogP contribution < -0.4 is 0 Å². The summed E-state index contributed by atoms with van der Waals surface area (Å²) in [6, 6.07) is 8.41. The van der Waals surface area contributed by atoms with Crippen molar-refractivity contribution in [3.05, 3.63) is 35.9 Å². The number of esters is 1. The number of benzene rings is 1. The summed E-state index contributed by atoms with van der Waals surface area (Å²) in [5.41, 5.74) is 0.400. The molecule has 76 valence electrons. The summed E-state index contributed by atoms with van der Waals surface area (Å²) in [5, 5.41) is 0. The van der Waals surface area contributed by atoms with E-state index < -0.39 is 9.46 Å². The molecule has 0 fully saturated rings. The van der Waals surface area contributed by atoms with Gasteiger partial charge in [0.2, 0.25) is 0 Å². The van der Waals surface area contributed by atoms with Crippen LogP contribution in [0, 0.1) is 0 Å². The first-order valence-corrected chi connectivity index (χ1v) is 5.36. The van der Waals surface area contributed by atoms with Gasteiger partial charge in [-0.05, 0) is 44.0 Å². The number of alkyl halides is 3. The van der Waals surface area contributed by atoms with Gasteiger partial charge in [-0.2, -0.15) is 0 Å². The molecule has 0 aromatic heterocycles. The summed E-state index contributed by atoms with van der Waals surface area (Å²) in [6.07, 6.45) is 0. The number of rotatable bonds is 3. The van der Waals surface area contributed by atoms with E-state index in [4.69, 9.17) is 0 Å². The Balaban J connectivity index is 2.52. The number of carbonyl (C=O) groups excluding carboxylic acids is 1.